The van der Waals surface area contributed by atoms with Crippen molar-refractivity contribution in [3.8, 4) is 5.75 Å². The van der Waals surface area contributed by atoms with Crippen LogP contribution in [0.5, 0.6) is 5.75 Å². The second-order valence-corrected chi connectivity index (χ2v) is 4.00. The van der Waals surface area contributed by atoms with E-state index in [0.717, 1.165) is 5.82 Å². The third-order valence-electron chi connectivity index (χ3n) is 2.81. The lowest BCUT2D eigenvalue weighted by atomic mass is 10.0. The summed E-state index contributed by atoms with van der Waals surface area (Å²) in [5, 5.41) is 3.95. The van der Waals surface area contributed by atoms with Gasteiger partial charge in [0.05, 0.1) is 7.11 Å². The predicted molar refractivity (Wildman–Crippen MR) is 64.6 cm³/mol. The zero-order chi connectivity index (χ0) is 13.1. The number of ether oxygens (including phenoxy) is 1. The van der Waals surface area contributed by atoms with Gasteiger partial charge >= 0.3 is 0 Å². The lowest BCUT2D eigenvalue weighted by Gasteiger charge is -2.13. The lowest BCUT2D eigenvalue weighted by Crippen LogP contribution is -2.17. The number of hydrogen-bond acceptors (Lipinski definition) is 4. The molecule has 0 bridgehead atoms. The number of methoxy groups -OCH3 is 1. The lowest BCUT2D eigenvalue weighted by molar-refractivity contribution is 0.410. The molecule has 0 fully saturated rings. The number of hydrogen-bond donors (Lipinski definition) is 1. The molecule has 6 heteroatoms. The van der Waals surface area contributed by atoms with Crippen molar-refractivity contribution in [1.82, 2.24) is 14.8 Å². The Balaban J connectivity index is 2.19. The number of nitrogens with zero attached hydrogens (tertiary/aromatic N) is 3. The Morgan fingerprint density at radius 2 is 2.28 bits per heavy atom. The molecule has 1 atom stereocenters. The number of benzene rings is 1. The molecule has 18 heavy (non-hydrogen) atoms. The Kier molecular flexibility index (Phi) is 3.57. The second-order valence-electron chi connectivity index (χ2n) is 4.00. The molecule has 1 unspecified atom stereocenters. The van der Waals surface area contributed by atoms with Gasteiger partial charge in [-0.05, 0) is 6.07 Å². The summed E-state index contributed by atoms with van der Waals surface area (Å²) in [4.78, 5) is 4.07. The molecule has 0 aliphatic heterocycles. The quantitative estimate of drug-likeness (QED) is 0.885. The highest BCUT2D eigenvalue weighted by molar-refractivity contribution is 5.31. The van der Waals surface area contributed by atoms with Gasteiger partial charge in [-0.15, -0.1) is 0 Å². The third kappa shape index (κ3) is 2.48. The van der Waals surface area contributed by atoms with Crippen LogP contribution in [0.25, 0.3) is 0 Å². The number of aryl methyl sites for hydroxylation is 1. The van der Waals surface area contributed by atoms with E-state index in [4.69, 9.17) is 10.5 Å². The fourth-order valence-electron chi connectivity index (χ4n) is 1.75. The van der Waals surface area contributed by atoms with Crippen LogP contribution in [0.2, 0.25) is 0 Å². The molecule has 1 aromatic carbocycles. The number of halogens is 1. The average Bonchev–Trinajstić information content (AvgIpc) is 2.74. The van der Waals surface area contributed by atoms with E-state index in [1.54, 1.807) is 23.9 Å². The maximum atomic E-state index is 13.8. The minimum Gasteiger partial charge on any atom is -0.497 e. The van der Waals surface area contributed by atoms with Crippen molar-refractivity contribution in [2.75, 3.05) is 7.11 Å². The van der Waals surface area contributed by atoms with Crippen molar-refractivity contribution in [3.63, 3.8) is 0 Å². The van der Waals surface area contributed by atoms with Crippen LogP contribution in [0, 0.1) is 5.82 Å². The molecule has 0 spiro atoms. The Morgan fingerprint density at radius 1 is 1.50 bits per heavy atom. The summed E-state index contributed by atoms with van der Waals surface area (Å²) in [6.45, 7) is 0. The van der Waals surface area contributed by atoms with Gasteiger partial charge in [-0.2, -0.15) is 5.10 Å². The smallest absolute Gasteiger partial charge is 0.138 e. The Hall–Kier alpha value is -1.95. The molecular formula is C12H15FN4O. The number of rotatable bonds is 4. The van der Waals surface area contributed by atoms with E-state index in [1.807, 2.05) is 0 Å². The fourth-order valence-corrected chi connectivity index (χ4v) is 1.75. The van der Waals surface area contributed by atoms with Crippen LogP contribution in [-0.2, 0) is 13.5 Å². The second kappa shape index (κ2) is 5.14. The predicted octanol–water partition coefficient (Wildman–Crippen LogP) is 1.21. The maximum absolute atomic E-state index is 13.8. The molecule has 96 valence electrons. The third-order valence-corrected chi connectivity index (χ3v) is 2.81. The largest absolute Gasteiger partial charge is 0.497 e. The van der Waals surface area contributed by atoms with Crippen LogP contribution < -0.4 is 10.5 Å². The molecule has 2 aromatic rings. The molecular weight excluding hydrogens is 235 g/mol. The van der Waals surface area contributed by atoms with E-state index in [9.17, 15) is 4.39 Å². The average molecular weight is 250 g/mol. The van der Waals surface area contributed by atoms with Gasteiger partial charge in [-0.1, -0.05) is 6.07 Å². The molecule has 0 aliphatic rings. The minimum absolute atomic E-state index is 0.371. The van der Waals surface area contributed by atoms with E-state index in [0.29, 0.717) is 17.7 Å². The van der Waals surface area contributed by atoms with Crippen LogP contribution in [0.3, 0.4) is 0 Å². The van der Waals surface area contributed by atoms with Gasteiger partial charge in [-0.25, -0.2) is 9.37 Å². The molecule has 2 N–H and O–H groups in total. The topological polar surface area (TPSA) is 66.0 Å². The fraction of sp³-hybridized carbons (Fsp3) is 0.333. The summed E-state index contributed by atoms with van der Waals surface area (Å²) in [7, 11) is 3.27. The Morgan fingerprint density at radius 3 is 2.83 bits per heavy atom. The molecule has 1 aromatic heterocycles. The highest BCUT2D eigenvalue weighted by atomic mass is 19.1. The highest BCUT2D eigenvalue weighted by Gasteiger charge is 2.15. The molecule has 1 heterocycles. The molecule has 0 aliphatic carbocycles. The first-order chi connectivity index (χ1) is 8.61. The SMILES string of the molecule is COc1ccc(C(N)Cc2ncnn2C)c(F)c1. The highest BCUT2D eigenvalue weighted by Crippen LogP contribution is 2.22. The van der Waals surface area contributed by atoms with Gasteiger partial charge in [0.2, 0.25) is 0 Å². The molecule has 0 amide bonds. The number of nitrogens with two attached hydrogens (primary N) is 1. The standard InChI is InChI=1S/C12H15FN4O/c1-17-12(15-7-16-17)6-11(14)9-4-3-8(18-2)5-10(9)13/h3-5,7,11H,6,14H2,1-2H3. The molecule has 0 saturated heterocycles. The first-order valence-corrected chi connectivity index (χ1v) is 5.53. The van der Waals surface area contributed by atoms with Crippen LogP contribution >= 0.6 is 0 Å². The molecule has 0 radical (unpaired) electrons. The van der Waals surface area contributed by atoms with Crippen molar-refractivity contribution >= 4 is 0 Å². The summed E-state index contributed by atoms with van der Waals surface area (Å²) >= 11 is 0. The van der Waals surface area contributed by atoms with Crippen molar-refractivity contribution < 1.29 is 9.13 Å². The molecule has 0 saturated carbocycles. The minimum atomic E-state index is -0.459. The van der Waals surface area contributed by atoms with Gasteiger partial charge in [0.15, 0.2) is 0 Å². The summed E-state index contributed by atoms with van der Waals surface area (Å²) in [6.07, 6.45) is 1.88. The van der Waals surface area contributed by atoms with E-state index in [-0.39, 0.29) is 5.82 Å². The summed E-state index contributed by atoms with van der Waals surface area (Å²) in [5.74, 6) is 0.823. The van der Waals surface area contributed by atoms with Crippen molar-refractivity contribution in [2.45, 2.75) is 12.5 Å². The Bertz CT molecular complexity index is 541. The summed E-state index contributed by atoms with van der Waals surface area (Å²) in [5.41, 5.74) is 6.43. The normalized spacial score (nSPS) is 12.4. The van der Waals surface area contributed by atoms with Crippen molar-refractivity contribution in [3.05, 3.63) is 41.7 Å². The van der Waals surface area contributed by atoms with Crippen LogP contribution in [0.1, 0.15) is 17.4 Å². The zero-order valence-electron chi connectivity index (χ0n) is 10.3. The first-order valence-electron chi connectivity index (χ1n) is 5.53. The van der Waals surface area contributed by atoms with E-state index in [2.05, 4.69) is 10.1 Å². The summed E-state index contributed by atoms with van der Waals surface area (Å²) < 4.78 is 20.4. The van der Waals surface area contributed by atoms with E-state index < -0.39 is 6.04 Å². The number of aromatic nitrogens is 3. The van der Waals surface area contributed by atoms with E-state index in [1.165, 1.54) is 19.5 Å². The maximum Gasteiger partial charge on any atom is 0.138 e. The van der Waals surface area contributed by atoms with Gasteiger partial charge in [0.1, 0.15) is 23.7 Å². The van der Waals surface area contributed by atoms with Crippen molar-refractivity contribution in [2.24, 2.45) is 12.8 Å². The monoisotopic (exact) mass is 250 g/mol. The van der Waals surface area contributed by atoms with Crippen LogP contribution in [-0.4, -0.2) is 21.9 Å². The molecule has 2 rings (SSSR count). The van der Waals surface area contributed by atoms with Crippen LogP contribution in [0.4, 0.5) is 4.39 Å². The van der Waals surface area contributed by atoms with Crippen LogP contribution in [0.15, 0.2) is 24.5 Å². The van der Waals surface area contributed by atoms with Gasteiger partial charge in [0, 0.05) is 31.1 Å². The zero-order valence-corrected chi connectivity index (χ0v) is 10.3. The van der Waals surface area contributed by atoms with Gasteiger partial charge < -0.3 is 10.5 Å². The summed E-state index contributed by atoms with van der Waals surface area (Å²) in [6, 6.07) is 4.19. The van der Waals surface area contributed by atoms with Gasteiger partial charge in [-0.3, -0.25) is 4.68 Å². The molecule has 5 nitrogen and oxygen atoms in total. The Labute approximate surface area is 104 Å². The van der Waals surface area contributed by atoms with E-state index >= 15 is 0 Å². The first kappa shape index (κ1) is 12.5. The van der Waals surface area contributed by atoms with Crippen molar-refractivity contribution in [1.29, 1.82) is 0 Å². The van der Waals surface area contributed by atoms with Gasteiger partial charge in [0.25, 0.3) is 0 Å².